The van der Waals surface area contributed by atoms with E-state index in [2.05, 4.69) is 55.9 Å². The predicted molar refractivity (Wildman–Crippen MR) is 52.8 cm³/mol. The number of rotatable bonds is 4. The molecule has 0 unspecified atom stereocenters. The molecule has 0 atom stereocenters. The third-order valence-electron chi connectivity index (χ3n) is 1.77. The molecule has 1 heteroatoms. The van der Waals surface area contributed by atoms with Gasteiger partial charge in [-0.1, -0.05) is 30.3 Å². The third-order valence-corrected chi connectivity index (χ3v) is 1.77. The second kappa shape index (κ2) is 4.94. The first-order valence-electron chi connectivity index (χ1n) is 4.33. The maximum Gasteiger partial charge on any atom is 0.0248 e. The summed E-state index contributed by atoms with van der Waals surface area (Å²) < 4.78 is 0. The number of aryl methyl sites for hydroxylation is 1. The van der Waals surface area contributed by atoms with Crippen molar-refractivity contribution in [1.82, 2.24) is 4.90 Å². The normalized spacial score (nSPS) is 10.6. The molecule has 1 radical (unpaired) electrons. The Bertz CT molecular complexity index is 204. The van der Waals surface area contributed by atoms with E-state index in [0.29, 0.717) is 0 Å². The number of hydrogen-bond donors (Lipinski definition) is 0. The molecule has 65 valence electrons. The molecule has 0 spiro atoms. The van der Waals surface area contributed by atoms with Gasteiger partial charge in [0, 0.05) is 6.54 Å². The molecule has 1 rings (SSSR count). The molecular weight excluding hydrogens is 146 g/mol. The van der Waals surface area contributed by atoms with Crippen LogP contribution in [0.1, 0.15) is 12.0 Å². The number of benzene rings is 1. The van der Waals surface area contributed by atoms with Crippen molar-refractivity contribution in [3.63, 3.8) is 0 Å². The van der Waals surface area contributed by atoms with Crippen LogP contribution < -0.4 is 0 Å². The molecular formula is C11H16N. The van der Waals surface area contributed by atoms with Gasteiger partial charge in [-0.25, -0.2) is 0 Å². The molecule has 1 nitrogen and oxygen atoms in total. The van der Waals surface area contributed by atoms with Crippen molar-refractivity contribution < 1.29 is 0 Å². The Hall–Kier alpha value is -0.820. The van der Waals surface area contributed by atoms with Gasteiger partial charge < -0.3 is 4.90 Å². The summed E-state index contributed by atoms with van der Waals surface area (Å²) >= 11 is 0. The smallest absolute Gasteiger partial charge is 0.0248 e. The van der Waals surface area contributed by atoms with Gasteiger partial charge in [0.2, 0.25) is 0 Å². The molecule has 0 N–H and O–H groups in total. The van der Waals surface area contributed by atoms with Crippen LogP contribution in [-0.2, 0) is 6.42 Å². The molecule has 0 heterocycles. The first-order chi connectivity index (χ1) is 5.79. The van der Waals surface area contributed by atoms with E-state index in [-0.39, 0.29) is 0 Å². The summed E-state index contributed by atoms with van der Waals surface area (Å²) in [6, 6.07) is 10.6. The molecule has 0 aliphatic carbocycles. The summed E-state index contributed by atoms with van der Waals surface area (Å²) in [6.45, 7) is 2.20. The van der Waals surface area contributed by atoms with Crippen molar-refractivity contribution in [2.24, 2.45) is 0 Å². The molecule has 1 aromatic rings. The van der Waals surface area contributed by atoms with E-state index >= 15 is 0 Å². The lowest BCUT2D eigenvalue weighted by molar-refractivity contribution is 0.476. The monoisotopic (exact) mass is 162 g/mol. The highest BCUT2D eigenvalue weighted by Crippen LogP contribution is 2.04. The highest BCUT2D eigenvalue weighted by Gasteiger charge is 1.93. The Morgan fingerprint density at radius 3 is 2.42 bits per heavy atom. The van der Waals surface area contributed by atoms with Crippen LogP contribution in [0, 0.1) is 6.54 Å². The summed E-state index contributed by atoms with van der Waals surface area (Å²) in [6.07, 6.45) is 2.26. The molecule has 0 bridgehead atoms. The van der Waals surface area contributed by atoms with Crippen LogP contribution in [0.4, 0.5) is 0 Å². The summed E-state index contributed by atoms with van der Waals surface area (Å²) in [5.74, 6) is 0. The molecule has 0 fully saturated rings. The van der Waals surface area contributed by atoms with E-state index in [9.17, 15) is 0 Å². The first-order valence-corrected chi connectivity index (χ1v) is 4.33. The first kappa shape index (κ1) is 9.27. The van der Waals surface area contributed by atoms with Crippen LogP contribution in [0.2, 0.25) is 0 Å². The van der Waals surface area contributed by atoms with Gasteiger partial charge in [-0.05, 0) is 32.5 Å². The minimum Gasteiger partial charge on any atom is -0.305 e. The Balaban J connectivity index is 2.25. The Morgan fingerprint density at radius 2 is 1.83 bits per heavy atom. The van der Waals surface area contributed by atoms with Crippen molar-refractivity contribution in [2.75, 3.05) is 14.1 Å². The zero-order valence-electron chi connectivity index (χ0n) is 7.83. The Morgan fingerprint density at radius 1 is 1.17 bits per heavy atom. The molecule has 1 aromatic carbocycles. The van der Waals surface area contributed by atoms with Crippen LogP contribution in [0.5, 0.6) is 0 Å². The standard InChI is InChI=1S/C11H16N/c1-12(2)10-6-9-11-7-4-3-5-8-11/h3-5,7-8,10H,6,9H2,1-2H3. The second-order valence-electron chi connectivity index (χ2n) is 3.17. The van der Waals surface area contributed by atoms with E-state index in [0.717, 1.165) is 12.8 Å². The van der Waals surface area contributed by atoms with Crippen molar-refractivity contribution in [1.29, 1.82) is 0 Å². The topological polar surface area (TPSA) is 3.24 Å². The van der Waals surface area contributed by atoms with E-state index in [4.69, 9.17) is 0 Å². The Kier molecular flexibility index (Phi) is 3.81. The minimum atomic E-state index is 1.12. The fourth-order valence-corrected chi connectivity index (χ4v) is 1.13. The molecule has 0 aliphatic rings. The van der Waals surface area contributed by atoms with E-state index in [1.807, 2.05) is 0 Å². The highest BCUT2D eigenvalue weighted by molar-refractivity contribution is 5.14. The maximum absolute atomic E-state index is 2.20. The quantitative estimate of drug-likeness (QED) is 0.657. The van der Waals surface area contributed by atoms with Crippen molar-refractivity contribution >= 4 is 0 Å². The van der Waals surface area contributed by atoms with Gasteiger partial charge in [-0.3, -0.25) is 0 Å². The molecule has 0 saturated carbocycles. The van der Waals surface area contributed by atoms with Crippen molar-refractivity contribution in [2.45, 2.75) is 12.8 Å². The lowest BCUT2D eigenvalue weighted by Crippen LogP contribution is -2.07. The largest absolute Gasteiger partial charge is 0.305 e. The van der Waals surface area contributed by atoms with Crippen molar-refractivity contribution in [3.05, 3.63) is 42.4 Å². The summed E-state index contributed by atoms with van der Waals surface area (Å²) in [5, 5.41) is 0. The van der Waals surface area contributed by atoms with Gasteiger partial charge in [0.1, 0.15) is 0 Å². The highest BCUT2D eigenvalue weighted by atomic mass is 15.0. The predicted octanol–water partition coefficient (Wildman–Crippen LogP) is 2.34. The third kappa shape index (κ3) is 3.54. The zero-order valence-corrected chi connectivity index (χ0v) is 7.83. The van der Waals surface area contributed by atoms with Gasteiger partial charge in [-0.2, -0.15) is 0 Å². The van der Waals surface area contributed by atoms with Crippen LogP contribution >= 0.6 is 0 Å². The minimum absolute atomic E-state index is 1.12. The average molecular weight is 162 g/mol. The van der Waals surface area contributed by atoms with Crippen LogP contribution in [0.15, 0.2) is 30.3 Å². The van der Waals surface area contributed by atoms with Crippen LogP contribution in [0.3, 0.4) is 0 Å². The SMILES string of the molecule is CN(C)[CH]CCc1ccccc1. The number of nitrogens with zero attached hydrogens (tertiary/aromatic N) is 1. The number of hydrogen-bond acceptors (Lipinski definition) is 1. The van der Waals surface area contributed by atoms with Gasteiger partial charge in [0.15, 0.2) is 0 Å². The fourth-order valence-electron chi connectivity index (χ4n) is 1.13. The summed E-state index contributed by atoms with van der Waals surface area (Å²) in [4.78, 5) is 2.10. The second-order valence-corrected chi connectivity index (χ2v) is 3.17. The summed E-state index contributed by atoms with van der Waals surface area (Å²) in [7, 11) is 4.12. The van der Waals surface area contributed by atoms with Crippen molar-refractivity contribution in [3.8, 4) is 0 Å². The van der Waals surface area contributed by atoms with Gasteiger partial charge in [-0.15, -0.1) is 0 Å². The van der Waals surface area contributed by atoms with E-state index in [1.54, 1.807) is 0 Å². The average Bonchev–Trinajstić information content (AvgIpc) is 2.05. The lowest BCUT2D eigenvalue weighted by atomic mass is 10.1. The molecule has 0 aliphatic heterocycles. The fraction of sp³-hybridized carbons (Fsp3) is 0.364. The van der Waals surface area contributed by atoms with Gasteiger partial charge in [0.25, 0.3) is 0 Å². The van der Waals surface area contributed by atoms with Gasteiger partial charge >= 0.3 is 0 Å². The molecule has 12 heavy (non-hydrogen) atoms. The molecule has 0 aromatic heterocycles. The van der Waals surface area contributed by atoms with E-state index in [1.165, 1.54) is 5.56 Å². The Labute approximate surface area is 75.0 Å². The summed E-state index contributed by atoms with van der Waals surface area (Å²) in [5.41, 5.74) is 1.41. The zero-order chi connectivity index (χ0) is 8.81. The molecule has 0 saturated heterocycles. The van der Waals surface area contributed by atoms with Crippen LogP contribution in [0.25, 0.3) is 0 Å². The van der Waals surface area contributed by atoms with Crippen LogP contribution in [-0.4, -0.2) is 19.0 Å². The maximum atomic E-state index is 2.20. The van der Waals surface area contributed by atoms with E-state index < -0.39 is 0 Å². The lowest BCUT2D eigenvalue weighted by Gasteiger charge is -2.07. The molecule has 0 amide bonds. The van der Waals surface area contributed by atoms with Gasteiger partial charge in [0.05, 0.1) is 0 Å².